The Bertz CT molecular complexity index is 608. The van der Waals surface area contributed by atoms with E-state index in [-0.39, 0.29) is 0 Å². The minimum atomic E-state index is 0.578. The summed E-state index contributed by atoms with van der Waals surface area (Å²) in [6.45, 7) is 2.04. The molecule has 2 heteroatoms. The summed E-state index contributed by atoms with van der Waals surface area (Å²) in [4.78, 5) is 0. The summed E-state index contributed by atoms with van der Waals surface area (Å²) < 4.78 is 0. The average molecular weight is 232 g/mol. The van der Waals surface area contributed by atoms with Gasteiger partial charge in [0.15, 0.2) is 0 Å². The fourth-order valence-electron chi connectivity index (χ4n) is 1.90. The van der Waals surface area contributed by atoms with Gasteiger partial charge in [-0.2, -0.15) is 10.5 Å². The van der Waals surface area contributed by atoms with Crippen LogP contribution in [0.1, 0.15) is 27.8 Å². The minimum Gasteiger partial charge on any atom is -0.192 e. The molecular weight excluding hydrogens is 220 g/mol. The molecule has 0 radical (unpaired) electrons. The highest BCUT2D eigenvalue weighted by atomic mass is 14.3. The smallest absolute Gasteiger partial charge is 0.0995 e. The summed E-state index contributed by atoms with van der Waals surface area (Å²) >= 11 is 0. The zero-order valence-electron chi connectivity index (χ0n) is 10.1. The van der Waals surface area contributed by atoms with E-state index in [0.29, 0.717) is 17.5 Å². The van der Waals surface area contributed by atoms with Gasteiger partial charge in [-0.3, -0.25) is 0 Å². The molecule has 0 fully saturated rings. The number of aryl methyl sites for hydroxylation is 1. The van der Waals surface area contributed by atoms with Gasteiger partial charge < -0.3 is 0 Å². The molecule has 0 bridgehead atoms. The van der Waals surface area contributed by atoms with Crippen molar-refractivity contribution in [1.82, 2.24) is 0 Å². The van der Waals surface area contributed by atoms with Crippen molar-refractivity contribution in [2.24, 2.45) is 0 Å². The Morgan fingerprint density at radius 1 is 0.889 bits per heavy atom. The van der Waals surface area contributed by atoms with Gasteiger partial charge in [-0.1, -0.05) is 35.9 Å². The van der Waals surface area contributed by atoms with Crippen molar-refractivity contribution in [1.29, 1.82) is 10.5 Å². The highest BCUT2D eigenvalue weighted by Crippen LogP contribution is 2.18. The predicted octanol–water partition coefficient (Wildman–Crippen LogP) is 3.33. The quantitative estimate of drug-likeness (QED) is 0.797. The van der Waals surface area contributed by atoms with E-state index >= 15 is 0 Å². The molecule has 2 rings (SSSR count). The van der Waals surface area contributed by atoms with Crippen molar-refractivity contribution in [2.75, 3.05) is 0 Å². The van der Waals surface area contributed by atoms with Gasteiger partial charge in [-0.05, 0) is 30.2 Å². The first kappa shape index (κ1) is 11.9. The average Bonchev–Trinajstić information content (AvgIpc) is 2.41. The molecule has 2 aromatic carbocycles. The summed E-state index contributed by atoms with van der Waals surface area (Å²) in [6, 6.07) is 17.7. The monoisotopic (exact) mass is 232 g/mol. The minimum absolute atomic E-state index is 0.578. The van der Waals surface area contributed by atoms with Gasteiger partial charge in [0.05, 0.1) is 23.3 Å². The molecule has 0 atom stereocenters. The maximum atomic E-state index is 9.10. The van der Waals surface area contributed by atoms with E-state index < -0.39 is 0 Å². The van der Waals surface area contributed by atoms with Crippen molar-refractivity contribution in [3.05, 3.63) is 70.3 Å². The zero-order chi connectivity index (χ0) is 13.0. The van der Waals surface area contributed by atoms with Crippen molar-refractivity contribution < 1.29 is 0 Å². The zero-order valence-corrected chi connectivity index (χ0v) is 10.1. The number of hydrogen-bond donors (Lipinski definition) is 0. The molecule has 0 aliphatic carbocycles. The lowest BCUT2D eigenvalue weighted by Gasteiger charge is -2.06. The van der Waals surface area contributed by atoms with E-state index in [1.165, 1.54) is 5.56 Å². The van der Waals surface area contributed by atoms with E-state index in [1.807, 2.05) is 31.2 Å². The third-order valence-corrected chi connectivity index (χ3v) is 2.92. The molecule has 0 N–H and O–H groups in total. The summed E-state index contributed by atoms with van der Waals surface area (Å²) in [5.41, 5.74) is 4.28. The van der Waals surface area contributed by atoms with Crippen LogP contribution < -0.4 is 0 Å². The van der Waals surface area contributed by atoms with E-state index in [2.05, 4.69) is 12.1 Å². The maximum Gasteiger partial charge on any atom is 0.0995 e. The van der Waals surface area contributed by atoms with Crippen molar-refractivity contribution in [3.8, 4) is 12.1 Å². The Balaban J connectivity index is 2.43. The standard InChI is InChI=1S/C16H12N2/c1-12-5-7-13(8-6-12)9-16-14(10-17)3-2-4-15(16)11-18/h2-8H,9H2,1H3. The Labute approximate surface area is 107 Å². The van der Waals surface area contributed by atoms with Crippen LogP contribution in [0.15, 0.2) is 42.5 Å². The highest BCUT2D eigenvalue weighted by Gasteiger charge is 2.08. The van der Waals surface area contributed by atoms with Crippen molar-refractivity contribution in [3.63, 3.8) is 0 Å². The van der Waals surface area contributed by atoms with Crippen LogP contribution in [0.3, 0.4) is 0 Å². The third-order valence-electron chi connectivity index (χ3n) is 2.92. The molecule has 86 valence electrons. The molecule has 0 amide bonds. The normalized spacial score (nSPS) is 9.50. The fraction of sp³-hybridized carbons (Fsp3) is 0.125. The number of hydrogen-bond acceptors (Lipinski definition) is 2. The second kappa shape index (κ2) is 5.17. The first-order valence-electron chi connectivity index (χ1n) is 5.72. The summed E-state index contributed by atoms with van der Waals surface area (Å²) in [5.74, 6) is 0. The maximum absolute atomic E-state index is 9.10. The third kappa shape index (κ3) is 2.39. The number of nitrogens with zero attached hydrogens (tertiary/aromatic N) is 2. The predicted molar refractivity (Wildman–Crippen MR) is 69.9 cm³/mol. The Kier molecular flexibility index (Phi) is 3.41. The lowest BCUT2D eigenvalue weighted by molar-refractivity contribution is 1.16. The molecule has 0 heterocycles. The van der Waals surface area contributed by atoms with Gasteiger partial charge in [0.1, 0.15) is 0 Å². The first-order valence-corrected chi connectivity index (χ1v) is 5.72. The Hall–Kier alpha value is -2.58. The van der Waals surface area contributed by atoms with E-state index in [1.54, 1.807) is 18.2 Å². The second-order valence-electron chi connectivity index (χ2n) is 4.22. The van der Waals surface area contributed by atoms with Gasteiger partial charge in [-0.15, -0.1) is 0 Å². The molecule has 0 unspecified atom stereocenters. The van der Waals surface area contributed by atoms with Gasteiger partial charge >= 0.3 is 0 Å². The van der Waals surface area contributed by atoms with Gasteiger partial charge in [0, 0.05) is 6.42 Å². The molecular formula is C16H12N2. The van der Waals surface area contributed by atoms with Crippen LogP contribution in [0, 0.1) is 29.6 Å². The highest BCUT2D eigenvalue weighted by molar-refractivity contribution is 5.50. The molecule has 0 aliphatic rings. The largest absolute Gasteiger partial charge is 0.192 e. The molecule has 2 nitrogen and oxygen atoms in total. The second-order valence-corrected chi connectivity index (χ2v) is 4.22. The van der Waals surface area contributed by atoms with Crippen molar-refractivity contribution >= 4 is 0 Å². The number of benzene rings is 2. The van der Waals surface area contributed by atoms with Crippen LogP contribution in [0.2, 0.25) is 0 Å². The lowest BCUT2D eigenvalue weighted by Crippen LogP contribution is -1.96. The molecule has 0 aromatic heterocycles. The molecule has 0 saturated heterocycles. The van der Waals surface area contributed by atoms with Gasteiger partial charge in [-0.25, -0.2) is 0 Å². The Morgan fingerprint density at radius 3 is 1.94 bits per heavy atom. The SMILES string of the molecule is Cc1ccc(Cc2c(C#N)cccc2C#N)cc1. The summed E-state index contributed by atoms with van der Waals surface area (Å²) in [6.07, 6.45) is 0.618. The molecule has 0 aliphatic heterocycles. The summed E-state index contributed by atoms with van der Waals surface area (Å²) in [5, 5.41) is 18.2. The fourth-order valence-corrected chi connectivity index (χ4v) is 1.90. The number of rotatable bonds is 2. The van der Waals surface area contributed by atoms with E-state index in [4.69, 9.17) is 10.5 Å². The van der Waals surface area contributed by atoms with Crippen LogP contribution in [0.4, 0.5) is 0 Å². The van der Waals surface area contributed by atoms with Crippen LogP contribution in [-0.4, -0.2) is 0 Å². The van der Waals surface area contributed by atoms with Crippen LogP contribution in [0.5, 0.6) is 0 Å². The number of nitriles is 2. The molecule has 2 aromatic rings. The van der Waals surface area contributed by atoms with Crippen LogP contribution >= 0.6 is 0 Å². The van der Waals surface area contributed by atoms with Crippen LogP contribution in [0.25, 0.3) is 0 Å². The summed E-state index contributed by atoms with van der Waals surface area (Å²) in [7, 11) is 0. The molecule has 0 spiro atoms. The van der Waals surface area contributed by atoms with Crippen molar-refractivity contribution in [2.45, 2.75) is 13.3 Å². The van der Waals surface area contributed by atoms with Gasteiger partial charge in [0.25, 0.3) is 0 Å². The van der Waals surface area contributed by atoms with Crippen LogP contribution in [-0.2, 0) is 6.42 Å². The molecule has 18 heavy (non-hydrogen) atoms. The van der Waals surface area contributed by atoms with E-state index in [0.717, 1.165) is 11.1 Å². The first-order chi connectivity index (χ1) is 8.74. The van der Waals surface area contributed by atoms with E-state index in [9.17, 15) is 0 Å². The van der Waals surface area contributed by atoms with Gasteiger partial charge in [0.2, 0.25) is 0 Å². The topological polar surface area (TPSA) is 47.6 Å². The lowest BCUT2D eigenvalue weighted by atomic mass is 9.95. The Morgan fingerprint density at radius 2 is 1.44 bits per heavy atom. The molecule has 0 saturated carbocycles.